The average molecular weight is 362 g/mol. The van der Waals surface area contributed by atoms with Crippen LogP contribution in [0.5, 0.6) is 0 Å². The van der Waals surface area contributed by atoms with E-state index in [0.717, 1.165) is 4.57 Å². The van der Waals surface area contributed by atoms with Gasteiger partial charge in [-0.2, -0.15) is 0 Å². The summed E-state index contributed by atoms with van der Waals surface area (Å²) in [5.74, 6) is -0.388. The van der Waals surface area contributed by atoms with Crippen LogP contribution in [0.15, 0.2) is 46.7 Å². The van der Waals surface area contributed by atoms with Gasteiger partial charge in [-0.1, -0.05) is 29.4 Å². The number of para-hydroxylation sites is 1. The molecule has 0 aliphatic carbocycles. The minimum Gasteiger partial charge on any atom is -0.268 e. The van der Waals surface area contributed by atoms with Crippen molar-refractivity contribution in [2.24, 2.45) is 0 Å². The molecule has 0 unspecified atom stereocenters. The number of rotatable bonds is 2. The van der Waals surface area contributed by atoms with Crippen molar-refractivity contribution in [3.63, 3.8) is 0 Å². The molecule has 0 N–H and O–H groups in total. The second-order valence-electron chi connectivity index (χ2n) is 4.90. The Morgan fingerprint density at radius 3 is 2.88 bits per heavy atom. The van der Waals surface area contributed by atoms with Crippen LogP contribution >= 0.6 is 23.4 Å². The topological polar surface area (TPSA) is 65.1 Å². The highest BCUT2D eigenvalue weighted by atomic mass is 35.5. The summed E-state index contributed by atoms with van der Waals surface area (Å²) in [4.78, 5) is 25.6. The Bertz CT molecular complexity index is 1140. The predicted molar refractivity (Wildman–Crippen MR) is 90.6 cm³/mol. The van der Waals surface area contributed by atoms with E-state index in [1.807, 2.05) is 6.26 Å². The smallest absolute Gasteiger partial charge is 0.268 e. The molecule has 120 valence electrons. The van der Waals surface area contributed by atoms with Gasteiger partial charge in [0.1, 0.15) is 16.9 Å². The maximum absolute atomic E-state index is 14.4. The number of fused-ring (bicyclic) bond motifs is 3. The van der Waals surface area contributed by atoms with Gasteiger partial charge < -0.3 is 0 Å². The lowest BCUT2D eigenvalue weighted by Gasteiger charge is -2.12. The maximum atomic E-state index is 14.4. The fraction of sp³-hybridized carbons (Fsp3) is 0.0667. The van der Waals surface area contributed by atoms with Crippen molar-refractivity contribution in [1.29, 1.82) is 0 Å². The molecule has 0 aliphatic heterocycles. The molecule has 9 heteroatoms. The van der Waals surface area contributed by atoms with Crippen LogP contribution < -0.4 is 5.56 Å². The van der Waals surface area contributed by atoms with Crippen LogP contribution in [0.25, 0.3) is 22.5 Å². The van der Waals surface area contributed by atoms with Gasteiger partial charge >= 0.3 is 0 Å². The van der Waals surface area contributed by atoms with Crippen molar-refractivity contribution in [3.05, 3.63) is 58.0 Å². The zero-order chi connectivity index (χ0) is 16.8. The van der Waals surface area contributed by atoms with Crippen molar-refractivity contribution in [2.75, 3.05) is 6.26 Å². The van der Waals surface area contributed by atoms with Crippen LogP contribution in [-0.2, 0) is 0 Å². The number of aromatic nitrogens is 5. The number of imidazole rings is 1. The lowest BCUT2D eigenvalue weighted by Crippen LogP contribution is -2.23. The molecule has 6 nitrogen and oxygen atoms in total. The van der Waals surface area contributed by atoms with Crippen LogP contribution in [0.2, 0.25) is 5.02 Å². The first-order valence-corrected chi connectivity index (χ1v) is 8.45. The van der Waals surface area contributed by atoms with Gasteiger partial charge in [0.2, 0.25) is 5.78 Å². The Morgan fingerprint density at radius 2 is 2.12 bits per heavy atom. The minimum atomic E-state index is -0.615. The van der Waals surface area contributed by atoms with Gasteiger partial charge in [-0.05, 0) is 18.4 Å². The molecule has 3 aromatic heterocycles. The quantitative estimate of drug-likeness (QED) is 0.405. The van der Waals surface area contributed by atoms with Gasteiger partial charge in [0.15, 0.2) is 10.8 Å². The summed E-state index contributed by atoms with van der Waals surface area (Å²) < 4.78 is 17.1. The van der Waals surface area contributed by atoms with E-state index in [1.165, 1.54) is 42.4 Å². The highest BCUT2D eigenvalue weighted by Crippen LogP contribution is 2.25. The molecular formula is C15H9ClFN5OS. The van der Waals surface area contributed by atoms with Crippen LogP contribution in [0, 0.1) is 5.82 Å². The lowest BCUT2D eigenvalue weighted by molar-refractivity contribution is 0.617. The van der Waals surface area contributed by atoms with E-state index in [1.54, 1.807) is 10.6 Å². The monoisotopic (exact) mass is 361 g/mol. The first-order chi connectivity index (χ1) is 11.6. The number of hydrogen-bond donors (Lipinski definition) is 0. The molecule has 3 heterocycles. The van der Waals surface area contributed by atoms with Crippen LogP contribution in [0.1, 0.15) is 0 Å². The molecule has 0 spiro atoms. The fourth-order valence-electron chi connectivity index (χ4n) is 2.53. The summed E-state index contributed by atoms with van der Waals surface area (Å²) in [5.41, 5.74) is -0.116. The van der Waals surface area contributed by atoms with E-state index in [0.29, 0.717) is 10.8 Å². The largest absolute Gasteiger partial charge is 0.270 e. The molecule has 0 saturated heterocycles. The zero-order valence-electron chi connectivity index (χ0n) is 12.3. The van der Waals surface area contributed by atoms with E-state index in [4.69, 9.17) is 11.6 Å². The number of nitrogens with zero attached hydrogens (tertiary/aromatic N) is 5. The number of thioether (sulfide) groups is 1. The first-order valence-electron chi connectivity index (χ1n) is 6.85. The van der Waals surface area contributed by atoms with Crippen LogP contribution in [-0.4, -0.2) is 30.2 Å². The number of benzene rings is 1. The molecule has 4 aromatic rings. The summed E-state index contributed by atoms with van der Waals surface area (Å²) in [6, 6.07) is 4.23. The van der Waals surface area contributed by atoms with Crippen molar-refractivity contribution < 1.29 is 4.39 Å². The molecular weight excluding hydrogens is 353 g/mol. The molecule has 0 amide bonds. The average Bonchev–Trinajstić information content (AvgIpc) is 3.06. The summed E-state index contributed by atoms with van der Waals surface area (Å²) in [6.45, 7) is 0. The number of hydrogen-bond acceptors (Lipinski definition) is 5. The Kier molecular flexibility index (Phi) is 3.50. The normalized spacial score (nSPS) is 11.5. The van der Waals surface area contributed by atoms with Crippen molar-refractivity contribution >= 4 is 40.2 Å². The van der Waals surface area contributed by atoms with Crippen molar-refractivity contribution in [2.45, 2.75) is 5.16 Å². The fourth-order valence-corrected chi connectivity index (χ4v) is 3.12. The van der Waals surface area contributed by atoms with Crippen LogP contribution in [0.4, 0.5) is 4.39 Å². The van der Waals surface area contributed by atoms with Gasteiger partial charge in [0.25, 0.3) is 5.56 Å². The third-order valence-electron chi connectivity index (χ3n) is 3.57. The van der Waals surface area contributed by atoms with Crippen LogP contribution in [0.3, 0.4) is 0 Å². The molecule has 0 fully saturated rings. The van der Waals surface area contributed by atoms with E-state index in [2.05, 4.69) is 15.0 Å². The molecule has 24 heavy (non-hydrogen) atoms. The standard InChI is InChI=1S/C15H9ClFN5OS/c1-24-14-19-7-8-12(20-14)21-6-5-18-15(21)22(13(8)23)11-9(16)3-2-4-10(11)17/h2-7H,1H3. The summed E-state index contributed by atoms with van der Waals surface area (Å²) in [5, 5.41) is 0.888. The van der Waals surface area contributed by atoms with E-state index < -0.39 is 11.4 Å². The van der Waals surface area contributed by atoms with Gasteiger partial charge in [0, 0.05) is 18.6 Å². The SMILES string of the molecule is CSc1ncc2c(=O)n(-c3c(F)cccc3Cl)c3nccn3c2n1. The van der Waals surface area contributed by atoms with E-state index in [9.17, 15) is 9.18 Å². The molecule has 4 rings (SSSR count). The highest BCUT2D eigenvalue weighted by Gasteiger charge is 2.19. The Balaban J connectivity index is 2.23. The second kappa shape index (κ2) is 5.57. The molecule has 0 radical (unpaired) electrons. The van der Waals surface area contributed by atoms with Gasteiger partial charge in [-0.15, -0.1) is 0 Å². The van der Waals surface area contributed by atoms with Crippen molar-refractivity contribution in [1.82, 2.24) is 23.9 Å². The molecule has 1 aromatic carbocycles. The maximum Gasteiger partial charge on any atom is 0.270 e. The zero-order valence-corrected chi connectivity index (χ0v) is 13.8. The van der Waals surface area contributed by atoms with Crippen molar-refractivity contribution in [3.8, 4) is 5.69 Å². The van der Waals surface area contributed by atoms with Gasteiger partial charge in [-0.3, -0.25) is 9.20 Å². The Morgan fingerprint density at radius 1 is 1.29 bits per heavy atom. The summed E-state index contributed by atoms with van der Waals surface area (Å²) in [6.07, 6.45) is 6.44. The van der Waals surface area contributed by atoms with E-state index >= 15 is 0 Å². The third kappa shape index (κ3) is 2.10. The lowest BCUT2D eigenvalue weighted by atomic mass is 10.3. The summed E-state index contributed by atoms with van der Waals surface area (Å²) >= 11 is 7.49. The van der Waals surface area contributed by atoms with E-state index in [-0.39, 0.29) is 21.9 Å². The Labute approximate surface area is 143 Å². The minimum absolute atomic E-state index is 0.0452. The number of halogens is 2. The second-order valence-corrected chi connectivity index (χ2v) is 6.08. The predicted octanol–water partition coefficient (Wildman–Crippen LogP) is 2.94. The molecule has 0 bridgehead atoms. The first kappa shape index (κ1) is 15.1. The summed E-state index contributed by atoms with van der Waals surface area (Å²) in [7, 11) is 0. The molecule has 0 saturated carbocycles. The molecule has 0 aliphatic rings. The Hall–Kier alpha value is -2.45. The highest BCUT2D eigenvalue weighted by molar-refractivity contribution is 7.98. The van der Waals surface area contributed by atoms with Gasteiger partial charge in [-0.25, -0.2) is 23.9 Å². The molecule has 0 atom stereocenters. The van der Waals surface area contributed by atoms with Gasteiger partial charge in [0.05, 0.1) is 5.02 Å². The third-order valence-corrected chi connectivity index (χ3v) is 4.44.